The molecule has 23 heavy (non-hydrogen) atoms. The number of nitrogens with one attached hydrogen (secondary N) is 1. The number of aryl methyl sites for hydroxylation is 1. The first-order valence-corrected chi connectivity index (χ1v) is 8.74. The summed E-state index contributed by atoms with van der Waals surface area (Å²) in [5.41, 5.74) is 0. The largest absolute Gasteiger partial charge is 0.381 e. The van der Waals surface area contributed by atoms with E-state index in [-0.39, 0.29) is 5.91 Å². The van der Waals surface area contributed by atoms with Crippen molar-refractivity contribution in [3.05, 3.63) is 23.4 Å². The van der Waals surface area contributed by atoms with Crippen LogP contribution in [0.15, 0.2) is 22.0 Å². The topological polar surface area (TPSA) is 77.2 Å². The summed E-state index contributed by atoms with van der Waals surface area (Å²) in [6.07, 6.45) is 1.62. The van der Waals surface area contributed by atoms with Gasteiger partial charge in [0.25, 0.3) is 0 Å². The molecule has 0 aromatic carbocycles. The molecule has 0 bridgehead atoms. The van der Waals surface area contributed by atoms with Crippen molar-refractivity contribution in [2.24, 2.45) is 5.92 Å². The Kier molecular flexibility index (Phi) is 7.22. The van der Waals surface area contributed by atoms with E-state index in [0.29, 0.717) is 43.6 Å². The maximum Gasteiger partial charge on any atom is 0.227 e. The van der Waals surface area contributed by atoms with Crippen LogP contribution in [0.1, 0.15) is 32.6 Å². The highest BCUT2D eigenvalue weighted by Crippen LogP contribution is 2.21. The van der Waals surface area contributed by atoms with Crippen LogP contribution in [0.5, 0.6) is 0 Å². The molecule has 0 spiro atoms. The molecule has 0 radical (unpaired) electrons. The number of nitrogens with zero attached hydrogens (tertiary/aromatic N) is 2. The minimum atomic E-state index is -0.00951. The number of aromatic nitrogens is 2. The smallest absolute Gasteiger partial charge is 0.227 e. The van der Waals surface area contributed by atoms with E-state index in [1.54, 1.807) is 11.3 Å². The van der Waals surface area contributed by atoms with Crippen LogP contribution in [-0.2, 0) is 16.0 Å². The maximum absolute atomic E-state index is 11.8. The Labute approximate surface area is 140 Å². The van der Waals surface area contributed by atoms with E-state index in [4.69, 9.17) is 9.26 Å². The predicted molar refractivity (Wildman–Crippen MR) is 89.2 cm³/mol. The van der Waals surface area contributed by atoms with Crippen molar-refractivity contribution in [1.82, 2.24) is 15.5 Å². The lowest BCUT2D eigenvalue weighted by Gasteiger charge is -2.07. The number of carbonyl (C=O) groups excluding carboxylic acids is 1. The molecule has 1 N–H and O–H groups in total. The van der Waals surface area contributed by atoms with E-state index >= 15 is 0 Å². The molecule has 126 valence electrons. The summed E-state index contributed by atoms with van der Waals surface area (Å²) in [6.45, 7) is 6.29. The molecule has 0 unspecified atom stereocenters. The number of hydrogen-bond acceptors (Lipinski definition) is 6. The molecular weight excluding hydrogens is 314 g/mol. The Balaban J connectivity index is 1.59. The monoisotopic (exact) mass is 337 g/mol. The molecule has 0 aliphatic heterocycles. The van der Waals surface area contributed by atoms with Crippen LogP contribution in [0.3, 0.4) is 0 Å². The minimum absolute atomic E-state index is 0.00951. The van der Waals surface area contributed by atoms with E-state index in [0.717, 1.165) is 17.9 Å². The third-order valence-electron chi connectivity index (χ3n) is 3.01. The van der Waals surface area contributed by atoms with Gasteiger partial charge in [-0.05, 0) is 23.8 Å². The van der Waals surface area contributed by atoms with Crippen molar-refractivity contribution in [2.45, 2.75) is 33.1 Å². The highest BCUT2D eigenvalue weighted by Gasteiger charge is 2.11. The van der Waals surface area contributed by atoms with Crippen LogP contribution in [0, 0.1) is 5.92 Å². The fourth-order valence-corrected chi connectivity index (χ4v) is 2.54. The zero-order chi connectivity index (χ0) is 16.5. The molecule has 0 saturated carbocycles. The summed E-state index contributed by atoms with van der Waals surface area (Å²) in [6, 6.07) is 3.88. The van der Waals surface area contributed by atoms with Gasteiger partial charge in [0.15, 0.2) is 0 Å². The molecule has 7 heteroatoms. The fourth-order valence-electron chi connectivity index (χ4n) is 1.89. The summed E-state index contributed by atoms with van der Waals surface area (Å²) in [5, 5.41) is 8.75. The molecule has 2 heterocycles. The van der Waals surface area contributed by atoms with Crippen LogP contribution < -0.4 is 5.32 Å². The molecule has 0 saturated heterocycles. The van der Waals surface area contributed by atoms with Crippen LogP contribution in [0.25, 0.3) is 10.7 Å². The third-order valence-corrected chi connectivity index (χ3v) is 3.88. The van der Waals surface area contributed by atoms with Crippen LogP contribution in [0.4, 0.5) is 0 Å². The van der Waals surface area contributed by atoms with Crippen molar-refractivity contribution in [3.8, 4) is 10.7 Å². The average Bonchev–Trinajstić information content (AvgIpc) is 3.18. The summed E-state index contributed by atoms with van der Waals surface area (Å²) < 4.78 is 10.6. The van der Waals surface area contributed by atoms with Gasteiger partial charge in [0, 0.05) is 32.6 Å². The van der Waals surface area contributed by atoms with Crippen LogP contribution in [-0.4, -0.2) is 35.8 Å². The first kappa shape index (κ1) is 17.6. The summed E-state index contributed by atoms with van der Waals surface area (Å²) in [5.74, 6) is 1.60. The average molecular weight is 337 g/mol. The van der Waals surface area contributed by atoms with Gasteiger partial charge in [0.1, 0.15) is 0 Å². The Morgan fingerprint density at radius 3 is 3.09 bits per heavy atom. The molecule has 0 fully saturated rings. The lowest BCUT2D eigenvalue weighted by atomic mass is 10.2. The number of rotatable bonds is 10. The first-order chi connectivity index (χ1) is 11.1. The molecule has 2 aromatic heterocycles. The molecule has 1 amide bonds. The van der Waals surface area contributed by atoms with Crippen molar-refractivity contribution in [2.75, 3.05) is 19.8 Å². The Morgan fingerprint density at radius 1 is 1.48 bits per heavy atom. The number of ether oxygens (including phenoxy) is 1. The number of amides is 1. The van der Waals surface area contributed by atoms with Crippen LogP contribution in [0.2, 0.25) is 0 Å². The predicted octanol–water partition coefficient (Wildman–Crippen LogP) is 2.91. The summed E-state index contributed by atoms with van der Waals surface area (Å²) >= 11 is 1.56. The lowest BCUT2D eigenvalue weighted by molar-refractivity contribution is -0.121. The maximum atomic E-state index is 11.8. The van der Waals surface area contributed by atoms with Gasteiger partial charge < -0.3 is 14.6 Å². The van der Waals surface area contributed by atoms with Crippen LogP contribution >= 0.6 is 11.3 Å². The van der Waals surface area contributed by atoms with Crippen molar-refractivity contribution < 1.29 is 14.1 Å². The van der Waals surface area contributed by atoms with Gasteiger partial charge in [-0.3, -0.25) is 4.79 Å². The van der Waals surface area contributed by atoms with Gasteiger partial charge in [0.2, 0.25) is 17.6 Å². The lowest BCUT2D eigenvalue weighted by Crippen LogP contribution is -2.25. The van der Waals surface area contributed by atoms with Crippen molar-refractivity contribution >= 4 is 17.2 Å². The molecule has 6 nitrogen and oxygen atoms in total. The first-order valence-electron chi connectivity index (χ1n) is 7.86. The van der Waals surface area contributed by atoms with Gasteiger partial charge in [-0.2, -0.15) is 4.98 Å². The number of thiophene rings is 1. The highest BCUT2D eigenvalue weighted by molar-refractivity contribution is 7.13. The molecule has 0 aliphatic rings. The Bertz CT molecular complexity index is 581. The quantitative estimate of drug-likeness (QED) is 0.675. The Hall–Kier alpha value is -1.73. The highest BCUT2D eigenvalue weighted by atomic mass is 32.1. The van der Waals surface area contributed by atoms with E-state index in [9.17, 15) is 4.79 Å². The van der Waals surface area contributed by atoms with E-state index < -0.39 is 0 Å². The summed E-state index contributed by atoms with van der Waals surface area (Å²) in [7, 11) is 0. The molecule has 0 aliphatic carbocycles. The van der Waals surface area contributed by atoms with Gasteiger partial charge in [-0.15, -0.1) is 11.3 Å². The van der Waals surface area contributed by atoms with E-state index in [1.165, 1.54) is 0 Å². The minimum Gasteiger partial charge on any atom is -0.381 e. The molecule has 2 rings (SSSR count). The molecule has 0 atom stereocenters. The van der Waals surface area contributed by atoms with E-state index in [1.807, 2.05) is 17.5 Å². The fraction of sp³-hybridized carbons (Fsp3) is 0.562. The SMILES string of the molecule is CC(C)COCCCNC(=O)CCc1nc(-c2cccs2)no1. The van der Waals surface area contributed by atoms with E-state index in [2.05, 4.69) is 29.3 Å². The van der Waals surface area contributed by atoms with Crippen molar-refractivity contribution in [1.29, 1.82) is 0 Å². The third kappa shape index (κ3) is 6.50. The van der Waals surface area contributed by atoms with Gasteiger partial charge >= 0.3 is 0 Å². The Morgan fingerprint density at radius 2 is 2.35 bits per heavy atom. The second-order valence-corrected chi connectivity index (χ2v) is 6.61. The summed E-state index contributed by atoms with van der Waals surface area (Å²) in [4.78, 5) is 17.0. The van der Waals surface area contributed by atoms with Gasteiger partial charge in [0.05, 0.1) is 4.88 Å². The molecular formula is C16H23N3O3S. The zero-order valence-electron chi connectivity index (χ0n) is 13.6. The number of hydrogen-bond donors (Lipinski definition) is 1. The number of carbonyl (C=O) groups is 1. The zero-order valence-corrected chi connectivity index (χ0v) is 14.4. The normalized spacial score (nSPS) is 11.1. The molecule has 2 aromatic rings. The second kappa shape index (κ2) is 9.42. The van der Waals surface area contributed by atoms with Gasteiger partial charge in [-0.1, -0.05) is 25.1 Å². The standard InChI is InChI=1S/C16H23N3O3S/c1-12(2)11-21-9-4-8-17-14(20)6-7-15-18-16(19-22-15)13-5-3-10-23-13/h3,5,10,12H,4,6-9,11H2,1-2H3,(H,17,20). The second-order valence-electron chi connectivity index (χ2n) is 5.66. The van der Waals surface area contributed by atoms with Gasteiger partial charge in [-0.25, -0.2) is 0 Å². The van der Waals surface area contributed by atoms with Crippen molar-refractivity contribution in [3.63, 3.8) is 0 Å².